The lowest BCUT2D eigenvalue weighted by Crippen LogP contribution is -2.51. The molecule has 5 nitrogen and oxygen atoms in total. The van der Waals surface area contributed by atoms with Gasteiger partial charge >= 0.3 is 0 Å². The largest absolute Gasteiger partial charge is 0.302 e. The summed E-state index contributed by atoms with van der Waals surface area (Å²) >= 11 is 7.75. The van der Waals surface area contributed by atoms with Gasteiger partial charge in [0.1, 0.15) is 4.88 Å². The van der Waals surface area contributed by atoms with Crippen molar-refractivity contribution in [1.82, 2.24) is 0 Å². The minimum atomic E-state index is -0.445. The number of nitro benzene ring substituents is 1. The molecule has 0 spiro atoms. The highest BCUT2D eigenvalue weighted by atomic mass is 35.5. The number of non-ortho nitro benzene ring substituents is 1. The van der Waals surface area contributed by atoms with Crippen LogP contribution in [0.5, 0.6) is 0 Å². The summed E-state index contributed by atoms with van der Waals surface area (Å²) in [6.07, 6.45) is 0.837. The van der Waals surface area contributed by atoms with Gasteiger partial charge in [0.25, 0.3) is 11.6 Å². The first-order valence-corrected chi connectivity index (χ1v) is 10.2. The predicted molar refractivity (Wildman–Crippen MR) is 114 cm³/mol. The zero-order valence-electron chi connectivity index (χ0n) is 15.7. The molecule has 1 atom stereocenters. The topological polar surface area (TPSA) is 63.5 Å². The van der Waals surface area contributed by atoms with E-state index in [-0.39, 0.29) is 17.1 Å². The summed E-state index contributed by atoms with van der Waals surface area (Å²) in [6, 6.07) is 12.4. The molecule has 3 aromatic rings. The van der Waals surface area contributed by atoms with Gasteiger partial charge < -0.3 is 4.90 Å². The van der Waals surface area contributed by atoms with Crippen molar-refractivity contribution in [3.8, 4) is 0 Å². The third-order valence-corrected chi connectivity index (χ3v) is 6.99. The smallest absolute Gasteiger partial charge is 0.270 e. The number of amides is 1. The van der Waals surface area contributed by atoms with Crippen molar-refractivity contribution in [2.45, 2.75) is 38.6 Å². The average molecular weight is 415 g/mol. The molecule has 0 bridgehead atoms. The van der Waals surface area contributed by atoms with Crippen LogP contribution in [0.3, 0.4) is 0 Å². The Kier molecular flexibility index (Phi) is 4.43. The van der Waals surface area contributed by atoms with Gasteiger partial charge in [0, 0.05) is 33.4 Å². The fourth-order valence-electron chi connectivity index (χ4n) is 4.18. The number of rotatable bonds is 2. The van der Waals surface area contributed by atoms with Gasteiger partial charge in [-0.1, -0.05) is 36.7 Å². The molecule has 1 amide bonds. The fourth-order valence-corrected chi connectivity index (χ4v) is 5.65. The first-order chi connectivity index (χ1) is 13.2. The van der Waals surface area contributed by atoms with E-state index < -0.39 is 4.92 Å². The number of nitro groups is 1. The third kappa shape index (κ3) is 2.88. The molecule has 0 saturated heterocycles. The molecule has 4 rings (SSSR count). The monoisotopic (exact) mass is 414 g/mol. The number of hydrogen-bond acceptors (Lipinski definition) is 4. The molecule has 28 heavy (non-hydrogen) atoms. The molecule has 1 aliphatic rings. The number of halogens is 1. The lowest BCUT2D eigenvalue weighted by molar-refractivity contribution is -0.384. The summed E-state index contributed by atoms with van der Waals surface area (Å²) in [5.74, 6) is 0.175. The van der Waals surface area contributed by atoms with Crippen LogP contribution in [0.25, 0.3) is 10.1 Å². The van der Waals surface area contributed by atoms with Crippen LogP contribution in [0.2, 0.25) is 5.02 Å². The molecular weight excluding hydrogens is 396 g/mol. The molecule has 0 radical (unpaired) electrons. The van der Waals surface area contributed by atoms with Gasteiger partial charge in [-0.15, -0.1) is 11.3 Å². The highest BCUT2D eigenvalue weighted by molar-refractivity contribution is 7.21. The first kappa shape index (κ1) is 18.9. The van der Waals surface area contributed by atoms with Crippen LogP contribution < -0.4 is 4.90 Å². The van der Waals surface area contributed by atoms with Crippen molar-refractivity contribution in [2.24, 2.45) is 0 Å². The molecule has 0 fully saturated rings. The highest BCUT2D eigenvalue weighted by Crippen LogP contribution is 2.46. The summed E-state index contributed by atoms with van der Waals surface area (Å²) in [7, 11) is 0. The van der Waals surface area contributed by atoms with Crippen LogP contribution in [0.4, 0.5) is 11.4 Å². The van der Waals surface area contributed by atoms with E-state index >= 15 is 0 Å². The summed E-state index contributed by atoms with van der Waals surface area (Å²) in [5, 5.41) is 12.1. The average Bonchev–Trinajstić information content (AvgIpc) is 2.97. The molecule has 0 aliphatic carbocycles. The maximum atomic E-state index is 13.6. The molecule has 2 heterocycles. The maximum absolute atomic E-state index is 13.6. The second-order valence-corrected chi connectivity index (χ2v) is 9.23. The van der Waals surface area contributed by atoms with Crippen LogP contribution in [0.15, 0.2) is 42.5 Å². The predicted octanol–water partition coefficient (Wildman–Crippen LogP) is 6.40. The van der Waals surface area contributed by atoms with Crippen molar-refractivity contribution in [2.75, 3.05) is 4.90 Å². The van der Waals surface area contributed by atoms with Crippen LogP contribution in [-0.4, -0.2) is 16.4 Å². The van der Waals surface area contributed by atoms with Crippen molar-refractivity contribution in [3.05, 3.63) is 68.0 Å². The second-order valence-electron chi connectivity index (χ2n) is 7.80. The van der Waals surface area contributed by atoms with Gasteiger partial charge in [-0.05, 0) is 43.9 Å². The number of anilines is 1. The lowest BCUT2D eigenvalue weighted by Gasteiger charge is -2.45. The fraction of sp³-hybridized carbons (Fsp3) is 0.286. The zero-order valence-corrected chi connectivity index (χ0v) is 17.3. The van der Waals surface area contributed by atoms with E-state index in [0.29, 0.717) is 25.9 Å². The molecule has 144 valence electrons. The van der Waals surface area contributed by atoms with Gasteiger partial charge in [-0.2, -0.15) is 0 Å². The van der Waals surface area contributed by atoms with E-state index in [1.807, 2.05) is 23.1 Å². The van der Waals surface area contributed by atoms with E-state index in [0.717, 1.165) is 17.7 Å². The normalized spacial score (nSPS) is 18.1. The van der Waals surface area contributed by atoms with E-state index in [2.05, 4.69) is 26.8 Å². The summed E-state index contributed by atoms with van der Waals surface area (Å²) < 4.78 is 0.638. The molecule has 1 aromatic heterocycles. The number of thiophene rings is 1. The first-order valence-electron chi connectivity index (χ1n) is 9.00. The Morgan fingerprint density at radius 1 is 1.29 bits per heavy atom. The van der Waals surface area contributed by atoms with E-state index in [1.165, 1.54) is 23.5 Å². The zero-order chi connectivity index (χ0) is 20.2. The van der Waals surface area contributed by atoms with E-state index in [9.17, 15) is 14.9 Å². The van der Waals surface area contributed by atoms with Crippen molar-refractivity contribution in [3.63, 3.8) is 0 Å². The Bertz CT molecular complexity index is 1120. The summed E-state index contributed by atoms with van der Waals surface area (Å²) in [6.45, 7) is 6.29. The molecule has 0 saturated carbocycles. The number of carbonyl (C=O) groups is 1. The van der Waals surface area contributed by atoms with Crippen LogP contribution in [0.1, 0.15) is 48.3 Å². The number of benzene rings is 2. The van der Waals surface area contributed by atoms with Gasteiger partial charge in [-0.25, -0.2) is 0 Å². The molecule has 1 aliphatic heterocycles. The van der Waals surface area contributed by atoms with Crippen LogP contribution >= 0.6 is 22.9 Å². The minimum absolute atomic E-state index is 0.0121. The van der Waals surface area contributed by atoms with E-state index in [1.54, 1.807) is 6.07 Å². The molecule has 0 N–H and O–H groups in total. The molecule has 2 aromatic carbocycles. The second kappa shape index (κ2) is 6.57. The Balaban J connectivity index is 1.86. The SMILES string of the molecule is CC1CC(C)(C)N(C(=O)c2sc3cc([N+](=O)[O-])ccc3c2Cl)c2ccccc21. The summed E-state index contributed by atoms with van der Waals surface area (Å²) in [5.41, 5.74) is 1.65. The molecule has 1 unspecified atom stereocenters. The number of nitrogens with zero attached hydrogens (tertiary/aromatic N) is 2. The molecule has 7 heteroatoms. The van der Waals surface area contributed by atoms with Crippen LogP contribution in [-0.2, 0) is 0 Å². The van der Waals surface area contributed by atoms with Crippen molar-refractivity contribution < 1.29 is 9.72 Å². The standard InChI is InChI=1S/C21H19ClN2O3S/c1-12-11-21(2,3)23(16-7-5-4-6-14(12)16)20(25)19-18(22)15-9-8-13(24(26)27)10-17(15)28-19/h4-10,12H,11H2,1-3H3. The number of para-hydroxylation sites is 1. The summed E-state index contributed by atoms with van der Waals surface area (Å²) in [4.78, 5) is 26.5. The number of carbonyl (C=O) groups excluding carboxylic acids is 1. The molecular formula is C21H19ClN2O3S. The third-order valence-electron chi connectivity index (χ3n) is 5.34. The lowest BCUT2D eigenvalue weighted by atomic mass is 9.80. The van der Waals surface area contributed by atoms with Crippen LogP contribution in [0, 0.1) is 10.1 Å². The number of hydrogen-bond donors (Lipinski definition) is 0. The quantitative estimate of drug-likeness (QED) is 0.360. The van der Waals surface area contributed by atoms with Gasteiger partial charge in [0.2, 0.25) is 0 Å². The van der Waals surface area contributed by atoms with Crippen molar-refractivity contribution >= 4 is 50.3 Å². The van der Waals surface area contributed by atoms with Gasteiger partial charge in [0.15, 0.2) is 0 Å². The Morgan fingerprint density at radius 2 is 2.00 bits per heavy atom. The highest BCUT2D eigenvalue weighted by Gasteiger charge is 2.41. The van der Waals surface area contributed by atoms with Gasteiger partial charge in [0.05, 0.1) is 9.95 Å². The Labute approximate surface area is 171 Å². The minimum Gasteiger partial charge on any atom is -0.302 e. The van der Waals surface area contributed by atoms with Crippen molar-refractivity contribution in [1.29, 1.82) is 0 Å². The van der Waals surface area contributed by atoms with Gasteiger partial charge in [-0.3, -0.25) is 14.9 Å². The van der Waals surface area contributed by atoms with E-state index in [4.69, 9.17) is 11.6 Å². The maximum Gasteiger partial charge on any atom is 0.270 e. The number of fused-ring (bicyclic) bond motifs is 2. The Morgan fingerprint density at radius 3 is 2.71 bits per heavy atom. The Hall–Kier alpha value is -2.44.